The van der Waals surface area contributed by atoms with Crippen LogP contribution in [0.4, 0.5) is 0 Å². The van der Waals surface area contributed by atoms with Gasteiger partial charge in [0, 0.05) is 18.5 Å². The fourth-order valence-electron chi connectivity index (χ4n) is 3.08. The smallest absolute Gasteiger partial charge is 0.313 e. The van der Waals surface area contributed by atoms with E-state index in [2.05, 4.69) is 35.0 Å². The van der Waals surface area contributed by atoms with E-state index in [1.54, 1.807) is 10.9 Å². The number of fused-ring (bicyclic) bond motifs is 1. The minimum atomic E-state index is -0.189. The summed E-state index contributed by atoms with van der Waals surface area (Å²) in [6.45, 7) is 3.42. The van der Waals surface area contributed by atoms with Crippen molar-refractivity contribution >= 4 is 24.0 Å². The van der Waals surface area contributed by atoms with Gasteiger partial charge < -0.3 is 5.32 Å². The first-order chi connectivity index (χ1) is 12.1. The van der Waals surface area contributed by atoms with Crippen molar-refractivity contribution in [3.63, 3.8) is 0 Å². The van der Waals surface area contributed by atoms with Gasteiger partial charge >= 0.3 is 5.69 Å². The molecule has 0 aliphatic heterocycles. The van der Waals surface area contributed by atoms with Gasteiger partial charge in [-0.3, -0.25) is 4.57 Å². The first-order valence-electron chi connectivity index (χ1n) is 8.58. The Hall–Kier alpha value is -2.12. The number of thiol groups is 1. The van der Waals surface area contributed by atoms with Gasteiger partial charge in [0.2, 0.25) is 0 Å². The van der Waals surface area contributed by atoms with E-state index in [4.69, 9.17) is 0 Å². The number of hydrogen-bond donors (Lipinski definition) is 2. The molecule has 1 saturated carbocycles. The number of nitrogens with one attached hydrogen (secondary N) is 1. The van der Waals surface area contributed by atoms with Crippen molar-refractivity contribution in [1.29, 1.82) is 0 Å². The average molecular weight is 355 g/mol. The molecule has 1 fully saturated rings. The third kappa shape index (κ3) is 3.21. The number of hydrogen-bond acceptors (Lipinski definition) is 5. The third-order valence-corrected chi connectivity index (χ3v) is 5.02. The SMILES string of the molecule is CC(CNC1CC1)c1ncnc2c1n(S)c(=O)n2Cc1ccccc1. The van der Waals surface area contributed by atoms with Crippen molar-refractivity contribution in [2.75, 3.05) is 6.54 Å². The molecule has 4 rings (SSSR count). The molecular weight excluding hydrogens is 334 g/mol. The van der Waals surface area contributed by atoms with Crippen LogP contribution in [0.1, 0.15) is 36.9 Å². The van der Waals surface area contributed by atoms with Crippen LogP contribution in [0.15, 0.2) is 41.5 Å². The second kappa shape index (κ2) is 6.65. The Kier molecular flexibility index (Phi) is 4.35. The fourth-order valence-corrected chi connectivity index (χ4v) is 3.38. The van der Waals surface area contributed by atoms with Gasteiger partial charge in [0.1, 0.15) is 11.8 Å². The zero-order valence-corrected chi connectivity index (χ0v) is 15.0. The number of rotatable bonds is 6. The molecule has 1 atom stereocenters. The quantitative estimate of drug-likeness (QED) is 0.665. The summed E-state index contributed by atoms with van der Waals surface area (Å²) in [5, 5.41) is 3.52. The van der Waals surface area contributed by atoms with Crippen molar-refractivity contribution < 1.29 is 0 Å². The van der Waals surface area contributed by atoms with Gasteiger partial charge in [-0.2, -0.15) is 0 Å². The average Bonchev–Trinajstić information content (AvgIpc) is 3.44. The molecule has 3 aromatic rings. The van der Waals surface area contributed by atoms with E-state index in [0.29, 0.717) is 23.8 Å². The molecular formula is C18H21N5OS. The van der Waals surface area contributed by atoms with E-state index < -0.39 is 0 Å². The molecule has 1 aliphatic carbocycles. The normalized spacial score (nSPS) is 15.6. The van der Waals surface area contributed by atoms with Crippen molar-refractivity contribution in [3.8, 4) is 0 Å². The van der Waals surface area contributed by atoms with Gasteiger partial charge in [-0.15, -0.1) is 0 Å². The van der Waals surface area contributed by atoms with Crippen LogP contribution in [-0.2, 0) is 6.54 Å². The summed E-state index contributed by atoms with van der Waals surface area (Å²) in [7, 11) is 0. The van der Waals surface area contributed by atoms with Crippen LogP contribution < -0.4 is 11.0 Å². The molecule has 2 heterocycles. The molecule has 0 bridgehead atoms. The summed E-state index contributed by atoms with van der Waals surface area (Å²) in [5.74, 6) is 0.177. The van der Waals surface area contributed by atoms with Crippen molar-refractivity contribution in [1.82, 2.24) is 23.8 Å². The van der Waals surface area contributed by atoms with Crippen molar-refractivity contribution in [3.05, 3.63) is 58.4 Å². The Bertz CT molecular complexity index is 945. The summed E-state index contributed by atoms with van der Waals surface area (Å²) in [6.07, 6.45) is 4.03. The van der Waals surface area contributed by atoms with Gasteiger partial charge in [-0.25, -0.2) is 18.7 Å². The lowest BCUT2D eigenvalue weighted by Crippen LogP contribution is -2.23. The van der Waals surface area contributed by atoms with E-state index in [9.17, 15) is 4.79 Å². The van der Waals surface area contributed by atoms with E-state index in [1.165, 1.54) is 16.8 Å². The maximum Gasteiger partial charge on any atom is 0.340 e. The van der Waals surface area contributed by atoms with Crippen LogP contribution in [0, 0.1) is 0 Å². The number of benzene rings is 1. The summed E-state index contributed by atoms with van der Waals surface area (Å²) in [4.78, 5) is 21.5. The molecule has 2 aromatic heterocycles. The van der Waals surface area contributed by atoms with Gasteiger partial charge in [-0.05, 0) is 18.4 Å². The molecule has 1 N–H and O–H groups in total. The Morgan fingerprint density at radius 3 is 2.76 bits per heavy atom. The van der Waals surface area contributed by atoms with Crippen LogP contribution >= 0.6 is 12.8 Å². The molecule has 6 nitrogen and oxygen atoms in total. The topological polar surface area (TPSA) is 64.7 Å². The minimum Gasteiger partial charge on any atom is -0.313 e. The largest absolute Gasteiger partial charge is 0.340 e. The summed E-state index contributed by atoms with van der Waals surface area (Å²) in [5.41, 5.74) is 3.06. The Morgan fingerprint density at radius 2 is 2.04 bits per heavy atom. The molecule has 0 amide bonds. The predicted molar refractivity (Wildman–Crippen MR) is 101 cm³/mol. The van der Waals surface area contributed by atoms with E-state index in [1.807, 2.05) is 30.3 Å². The van der Waals surface area contributed by atoms with E-state index in [0.717, 1.165) is 17.8 Å². The van der Waals surface area contributed by atoms with Gasteiger partial charge in [0.25, 0.3) is 0 Å². The molecule has 7 heteroatoms. The standard InChI is InChI=1S/C18H21N5OS/c1-12(9-19-14-7-8-14)15-16-17(21-11-20-15)22(18(24)23(16)25)10-13-5-3-2-4-6-13/h2-6,11-12,14,19,25H,7-10H2,1H3. The van der Waals surface area contributed by atoms with Gasteiger partial charge in [-0.1, -0.05) is 50.1 Å². The Labute approximate surface area is 151 Å². The first-order valence-corrected chi connectivity index (χ1v) is 8.98. The lowest BCUT2D eigenvalue weighted by Gasteiger charge is -2.13. The van der Waals surface area contributed by atoms with E-state index >= 15 is 0 Å². The highest BCUT2D eigenvalue weighted by Crippen LogP contribution is 2.24. The van der Waals surface area contributed by atoms with Crippen molar-refractivity contribution in [2.24, 2.45) is 0 Å². The molecule has 1 aromatic carbocycles. The minimum absolute atomic E-state index is 0.177. The van der Waals surface area contributed by atoms with Crippen LogP contribution in [0.5, 0.6) is 0 Å². The van der Waals surface area contributed by atoms with Gasteiger partial charge in [0.05, 0.1) is 12.2 Å². The van der Waals surface area contributed by atoms with Crippen LogP contribution in [-0.4, -0.2) is 31.1 Å². The maximum atomic E-state index is 12.7. The lowest BCUT2D eigenvalue weighted by atomic mass is 10.1. The molecule has 25 heavy (non-hydrogen) atoms. The molecule has 0 saturated heterocycles. The summed E-state index contributed by atoms with van der Waals surface area (Å²) in [6, 6.07) is 10.5. The zero-order chi connectivity index (χ0) is 17.4. The maximum absolute atomic E-state index is 12.7. The number of imidazole rings is 1. The Balaban J connectivity index is 1.74. The highest BCUT2D eigenvalue weighted by Gasteiger charge is 2.24. The molecule has 1 unspecified atom stereocenters. The monoisotopic (exact) mass is 355 g/mol. The van der Waals surface area contributed by atoms with Crippen LogP contribution in [0.2, 0.25) is 0 Å². The number of nitrogens with zero attached hydrogens (tertiary/aromatic N) is 4. The molecule has 1 aliphatic rings. The summed E-state index contributed by atoms with van der Waals surface area (Å²) < 4.78 is 3.03. The number of aromatic nitrogens is 4. The fraction of sp³-hybridized carbons (Fsp3) is 0.389. The second-order valence-corrected chi connectivity index (χ2v) is 7.08. The molecule has 0 radical (unpaired) electrons. The highest BCUT2D eigenvalue weighted by molar-refractivity contribution is 7.78. The molecule has 130 valence electrons. The second-order valence-electron chi connectivity index (χ2n) is 6.68. The zero-order valence-electron chi connectivity index (χ0n) is 14.1. The van der Waals surface area contributed by atoms with Crippen LogP contribution in [0.25, 0.3) is 11.2 Å². The summed E-state index contributed by atoms with van der Waals surface area (Å²) >= 11 is 4.42. The van der Waals surface area contributed by atoms with Crippen molar-refractivity contribution in [2.45, 2.75) is 38.3 Å². The Morgan fingerprint density at radius 1 is 1.28 bits per heavy atom. The van der Waals surface area contributed by atoms with Gasteiger partial charge in [0.15, 0.2) is 5.65 Å². The third-order valence-electron chi connectivity index (χ3n) is 4.65. The highest BCUT2D eigenvalue weighted by atomic mass is 32.1. The molecule has 0 spiro atoms. The predicted octanol–water partition coefficient (Wildman–Crippen LogP) is 2.19. The van der Waals surface area contributed by atoms with E-state index in [-0.39, 0.29) is 11.6 Å². The van der Waals surface area contributed by atoms with Crippen LogP contribution in [0.3, 0.4) is 0 Å². The lowest BCUT2D eigenvalue weighted by molar-refractivity contribution is 0.603. The first kappa shape index (κ1) is 16.4.